The van der Waals surface area contributed by atoms with Crippen LogP contribution in [0.15, 0.2) is 25.3 Å². The minimum atomic E-state index is -0.169. The fourth-order valence-corrected chi connectivity index (χ4v) is 1.02. The first kappa shape index (κ1) is 15.4. The summed E-state index contributed by atoms with van der Waals surface area (Å²) >= 11 is 0. The van der Waals surface area contributed by atoms with Crippen LogP contribution in [0.3, 0.4) is 0 Å². The summed E-state index contributed by atoms with van der Waals surface area (Å²) in [7, 11) is 0. The highest BCUT2D eigenvalue weighted by Gasteiger charge is 1.94. The minimum absolute atomic E-state index is 0.169. The zero-order valence-electron chi connectivity index (χ0n) is 10.0. The first-order valence-corrected chi connectivity index (χ1v) is 5.59. The molecule has 0 aromatic rings. The molecule has 2 amide bonds. The van der Waals surface area contributed by atoms with Crippen LogP contribution in [0, 0.1) is 0 Å². The number of rotatable bonds is 10. The Hall–Kier alpha value is -1.62. The second kappa shape index (κ2) is 10.9. The molecule has 0 saturated heterocycles. The molecule has 0 rings (SSSR count). The lowest BCUT2D eigenvalue weighted by atomic mass is 10.4. The largest absolute Gasteiger partial charge is 0.381 e. The summed E-state index contributed by atoms with van der Waals surface area (Å²) in [5, 5.41) is 5.30. The molecule has 0 aliphatic carbocycles. The second-order valence-electron chi connectivity index (χ2n) is 3.31. The zero-order chi connectivity index (χ0) is 12.9. The third kappa shape index (κ3) is 10.7. The Bertz CT molecular complexity index is 238. The van der Waals surface area contributed by atoms with E-state index in [0.717, 1.165) is 12.8 Å². The van der Waals surface area contributed by atoms with E-state index in [0.29, 0.717) is 26.3 Å². The first-order valence-electron chi connectivity index (χ1n) is 5.59. The number of ether oxygens (including phenoxy) is 1. The number of carbonyl (C=O) groups is 2. The summed E-state index contributed by atoms with van der Waals surface area (Å²) in [5.41, 5.74) is 0. The van der Waals surface area contributed by atoms with Crippen molar-refractivity contribution in [3.8, 4) is 0 Å². The Morgan fingerprint density at radius 3 is 1.71 bits per heavy atom. The van der Waals surface area contributed by atoms with Crippen molar-refractivity contribution in [3.05, 3.63) is 25.3 Å². The molecular formula is C12H20N2O3. The van der Waals surface area contributed by atoms with E-state index in [4.69, 9.17) is 4.74 Å². The van der Waals surface area contributed by atoms with Crippen LogP contribution in [0.4, 0.5) is 0 Å². The Balaban J connectivity index is 3.13. The van der Waals surface area contributed by atoms with Gasteiger partial charge in [-0.2, -0.15) is 0 Å². The van der Waals surface area contributed by atoms with Crippen molar-refractivity contribution in [1.82, 2.24) is 10.6 Å². The summed E-state index contributed by atoms with van der Waals surface area (Å²) in [5.74, 6) is -0.339. The van der Waals surface area contributed by atoms with Gasteiger partial charge in [0, 0.05) is 26.3 Å². The van der Waals surface area contributed by atoms with Crippen LogP contribution in [-0.4, -0.2) is 38.1 Å². The molecule has 0 aliphatic rings. The maximum atomic E-state index is 10.8. The van der Waals surface area contributed by atoms with E-state index in [1.54, 1.807) is 0 Å². The summed E-state index contributed by atoms with van der Waals surface area (Å²) in [6.45, 7) is 9.03. The van der Waals surface area contributed by atoms with Crippen molar-refractivity contribution < 1.29 is 14.3 Å². The lowest BCUT2D eigenvalue weighted by Crippen LogP contribution is -2.24. The van der Waals surface area contributed by atoms with Gasteiger partial charge in [-0.25, -0.2) is 0 Å². The highest BCUT2D eigenvalue weighted by Crippen LogP contribution is 1.85. The quantitative estimate of drug-likeness (QED) is 0.429. The van der Waals surface area contributed by atoms with Gasteiger partial charge in [-0.1, -0.05) is 13.2 Å². The predicted octanol–water partition coefficient (Wildman–Crippen LogP) is 0.388. The fraction of sp³-hybridized carbons (Fsp3) is 0.500. The topological polar surface area (TPSA) is 67.4 Å². The van der Waals surface area contributed by atoms with Crippen molar-refractivity contribution in [1.29, 1.82) is 0 Å². The lowest BCUT2D eigenvalue weighted by molar-refractivity contribution is -0.117. The van der Waals surface area contributed by atoms with E-state index in [-0.39, 0.29) is 11.8 Å². The van der Waals surface area contributed by atoms with Crippen LogP contribution < -0.4 is 10.6 Å². The van der Waals surface area contributed by atoms with Crippen LogP contribution in [0.25, 0.3) is 0 Å². The maximum Gasteiger partial charge on any atom is 0.243 e. The van der Waals surface area contributed by atoms with Crippen molar-refractivity contribution in [2.24, 2.45) is 0 Å². The minimum Gasteiger partial charge on any atom is -0.381 e. The van der Waals surface area contributed by atoms with E-state index in [1.807, 2.05) is 0 Å². The van der Waals surface area contributed by atoms with Crippen molar-refractivity contribution >= 4 is 11.8 Å². The number of hydrogen-bond acceptors (Lipinski definition) is 3. The van der Waals surface area contributed by atoms with Gasteiger partial charge < -0.3 is 15.4 Å². The molecule has 0 atom stereocenters. The van der Waals surface area contributed by atoms with E-state index in [2.05, 4.69) is 23.8 Å². The van der Waals surface area contributed by atoms with Gasteiger partial charge in [0.1, 0.15) is 0 Å². The molecule has 0 aromatic heterocycles. The normalized spacial score (nSPS) is 9.41. The highest BCUT2D eigenvalue weighted by molar-refractivity contribution is 5.87. The molecule has 0 fully saturated rings. The fourth-order valence-electron chi connectivity index (χ4n) is 1.02. The molecule has 5 heteroatoms. The molecule has 0 spiro atoms. The third-order valence-electron chi connectivity index (χ3n) is 1.90. The van der Waals surface area contributed by atoms with Gasteiger partial charge in [0.05, 0.1) is 0 Å². The monoisotopic (exact) mass is 240 g/mol. The predicted molar refractivity (Wildman–Crippen MR) is 66.5 cm³/mol. The lowest BCUT2D eigenvalue weighted by Gasteiger charge is -2.05. The van der Waals surface area contributed by atoms with Crippen LogP contribution in [0.5, 0.6) is 0 Å². The Morgan fingerprint density at radius 2 is 1.35 bits per heavy atom. The molecule has 0 heterocycles. The SMILES string of the molecule is C=CC(=O)NCCCOCCCNC(=O)C=C. The van der Waals surface area contributed by atoms with Gasteiger partial charge in [0.15, 0.2) is 0 Å². The number of hydrogen-bond donors (Lipinski definition) is 2. The first-order chi connectivity index (χ1) is 8.20. The van der Waals surface area contributed by atoms with Gasteiger partial charge in [-0.3, -0.25) is 9.59 Å². The molecule has 0 radical (unpaired) electrons. The molecule has 2 N–H and O–H groups in total. The van der Waals surface area contributed by atoms with E-state index >= 15 is 0 Å². The standard InChI is InChI=1S/C12H20N2O3/c1-3-11(15)13-7-5-9-17-10-6-8-14-12(16)4-2/h3-4H,1-2,5-10H2,(H,13,15)(H,14,16). The van der Waals surface area contributed by atoms with Crippen molar-refractivity contribution in [3.63, 3.8) is 0 Å². The van der Waals surface area contributed by atoms with Gasteiger partial charge >= 0.3 is 0 Å². The van der Waals surface area contributed by atoms with Crippen molar-refractivity contribution in [2.45, 2.75) is 12.8 Å². The average molecular weight is 240 g/mol. The van der Waals surface area contributed by atoms with E-state index in [1.165, 1.54) is 12.2 Å². The van der Waals surface area contributed by atoms with Gasteiger partial charge in [-0.05, 0) is 25.0 Å². The maximum absolute atomic E-state index is 10.8. The summed E-state index contributed by atoms with van der Waals surface area (Å²) < 4.78 is 5.31. The molecule has 96 valence electrons. The van der Waals surface area contributed by atoms with Crippen LogP contribution >= 0.6 is 0 Å². The summed E-state index contributed by atoms with van der Waals surface area (Å²) in [6, 6.07) is 0. The number of carbonyl (C=O) groups excluding carboxylic acids is 2. The molecule has 0 bridgehead atoms. The van der Waals surface area contributed by atoms with Gasteiger partial charge in [-0.15, -0.1) is 0 Å². The van der Waals surface area contributed by atoms with E-state index in [9.17, 15) is 9.59 Å². The molecule has 0 aromatic carbocycles. The summed E-state index contributed by atoms with van der Waals surface area (Å²) in [4.78, 5) is 21.5. The molecule has 0 unspecified atom stereocenters. The Kier molecular flexibility index (Phi) is 9.85. The summed E-state index contributed by atoms with van der Waals surface area (Å²) in [6.07, 6.45) is 4.00. The molecule has 17 heavy (non-hydrogen) atoms. The number of nitrogens with one attached hydrogen (secondary N) is 2. The van der Waals surface area contributed by atoms with Gasteiger partial charge in [0.25, 0.3) is 0 Å². The molecule has 0 saturated carbocycles. The van der Waals surface area contributed by atoms with Crippen molar-refractivity contribution in [2.75, 3.05) is 26.3 Å². The smallest absolute Gasteiger partial charge is 0.243 e. The highest BCUT2D eigenvalue weighted by atomic mass is 16.5. The Labute approximate surface area is 102 Å². The van der Waals surface area contributed by atoms with E-state index < -0.39 is 0 Å². The Morgan fingerprint density at radius 1 is 0.941 bits per heavy atom. The molecular weight excluding hydrogens is 220 g/mol. The van der Waals surface area contributed by atoms with Crippen LogP contribution in [0.2, 0.25) is 0 Å². The molecule has 5 nitrogen and oxygen atoms in total. The van der Waals surface area contributed by atoms with Crippen LogP contribution in [-0.2, 0) is 14.3 Å². The average Bonchev–Trinajstić information content (AvgIpc) is 2.35. The zero-order valence-corrected chi connectivity index (χ0v) is 10.0. The third-order valence-corrected chi connectivity index (χ3v) is 1.90. The second-order valence-corrected chi connectivity index (χ2v) is 3.31. The van der Waals surface area contributed by atoms with Crippen LogP contribution in [0.1, 0.15) is 12.8 Å². The molecule has 0 aliphatic heterocycles. The number of amides is 2. The van der Waals surface area contributed by atoms with Gasteiger partial charge in [0.2, 0.25) is 11.8 Å².